The molecular formula is C10H16O4. The van der Waals surface area contributed by atoms with E-state index in [9.17, 15) is 5.11 Å². The molecule has 0 aromatic heterocycles. The van der Waals surface area contributed by atoms with Crippen LogP contribution in [0.2, 0.25) is 0 Å². The molecule has 2 unspecified atom stereocenters. The number of rotatable bonds is 3. The normalized spacial score (nSPS) is 32.2. The van der Waals surface area contributed by atoms with Gasteiger partial charge >= 0.3 is 0 Å². The van der Waals surface area contributed by atoms with Gasteiger partial charge in [-0.25, -0.2) is 0 Å². The van der Waals surface area contributed by atoms with Crippen molar-refractivity contribution in [2.24, 2.45) is 0 Å². The number of hydrogen-bond acceptors (Lipinski definition) is 4. The van der Waals surface area contributed by atoms with Crippen LogP contribution in [0.5, 0.6) is 0 Å². The summed E-state index contributed by atoms with van der Waals surface area (Å²) in [6, 6.07) is 0. The Morgan fingerprint density at radius 1 is 1.50 bits per heavy atom. The van der Waals surface area contributed by atoms with Gasteiger partial charge in [0.25, 0.3) is 0 Å². The fraction of sp³-hybridized carbons (Fsp3) is 0.600. The molecule has 2 N–H and O–H groups in total. The average Bonchev–Trinajstić information content (AvgIpc) is 2.17. The lowest BCUT2D eigenvalue weighted by molar-refractivity contribution is -0.0632. The van der Waals surface area contributed by atoms with Crippen LogP contribution in [0, 0.1) is 0 Å². The molecule has 0 amide bonds. The van der Waals surface area contributed by atoms with Crippen molar-refractivity contribution < 1.29 is 19.7 Å². The van der Waals surface area contributed by atoms with Gasteiger partial charge in [-0.1, -0.05) is 0 Å². The second-order valence-corrected chi connectivity index (χ2v) is 3.42. The first-order chi connectivity index (χ1) is 6.56. The Hall–Kier alpha value is -0.840. The maximum Gasteiger partial charge on any atom is 0.148 e. The van der Waals surface area contributed by atoms with Gasteiger partial charge in [0.2, 0.25) is 0 Å². The summed E-state index contributed by atoms with van der Waals surface area (Å²) in [5, 5.41) is 19.0. The smallest absolute Gasteiger partial charge is 0.148 e. The molecule has 4 heteroatoms. The zero-order chi connectivity index (χ0) is 10.8. The van der Waals surface area contributed by atoms with E-state index < -0.39 is 11.7 Å². The van der Waals surface area contributed by atoms with Crippen molar-refractivity contribution in [3.8, 4) is 0 Å². The molecule has 1 rings (SSSR count). The number of methoxy groups -OCH3 is 2. The summed E-state index contributed by atoms with van der Waals surface area (Å²) in [4.78, 5) is 0. The molecule has 0 bridgehead atoms. The summed E-state index contributed by atoms with van der Waals surface area (Å²) in [6.45, 7) is 1.52. The summed E-state index contributed by atoms with van der Waals surface area (Å²) in [5.74, 6) is 0.399. The Labute approximate surface area is 83.5 Å². The predicted octanol–water partition coefficient (Wildman–Crippen LogP) is 0.215. The van der Waals surface area contributed by atoms with Gasteiger partial charge < -0.3 is 19.7 Å². The maximum absolute atomic E-state index is 10.1. The summed E-state index contributed by atoms with van der Waals surface area (Å²) in [6.07, 6.45) is 2.81. The lowest BCUT2D eigenvalue weighted by Crippen LogP contribution is -2.44. The van der Waals surface area contributed by atoms with Crippen LogP contribution >= 0.6 is 0 Å². The van der Waals surface area contributed by atoms with Crippen molar-refractivity contribution in [1.29, 1.82) is 0 Å². The van der Waals surface area contributed by atoms with E-state index in [1.54, 1.807) is 19.1 Å². The van der Waals surface area contributed by atoms with Crippen molar-refractivity contribution in [1.82, 2.24) is 0 Å². The summed E-state index contributed by atoms with van der Waals surface area (Å²) in [7, 11) is 2.98. The molecule has 0 spiro atoms. The van der Waals surface area contributed by atoms with Gasteiger partial charge in [0.15, 0.2) is 0 Å². The molecule has 0 saturated heterocycles. The highest BCUT2D eigenvalue weighted by Crippen LogP contribution is 2.30. The van der Waals surface area contributed by atoms with Crippen LogP contribution in [0.25, 0.3) is 0 Å². The Bertz CT molecular complexity index is 265. The molecule has 80 valence electrons. The fourth-order valence-corrected chi connectivity index (χ4v) is 1.52. The van der Waals surface area contributed by atoms with Crippen LogP contribution in [0.3, 0.4) is 0 Å². The molecule has 0 saturated carbocycles. The van der Waals surface area contributed by atoms with Gasteiger partial charge in [-0.2, -0.15) is 0 Å². The van der Waals surface area contributed by atoms with Gasteiger partial charge in [-0.15, -0.1) is 0 Å². The SMILES string of the molecule is COC1=CC(CO)=CC(OC)C1(C)O. The Morgan fingerprint density at radius 2 is 2.14 bits per heavy atom. The van der Waals surface area contributed by atoms with Crippen LogP contribution in [0.1, 0.15) is 6.92 Å². The van der Waals surface area contributed by atoms with Crippen LogP contribution in [-0.4, -0.2) is 42.7 Å². The van der Waals surface area contributed by atoms with Gasteiger partial charge in [0, 0.05) is 7.11 Å². The van der Waals surface area contributed by atoms with Crippen LogP contribution in [-0.2, 0) is 9.47 Å². The van der Waals surface area contributed by atoms with E-state index in [2.05, 4.69) is 0 Å². The predicted molar refractivity (Wildman–Crippen MR) is 51.7 cm³/mol. The van der Waals surface area contributed by atoms with Gasteiger partial charge in [-0.05, 0) is 24.6 Å². The van der Waals surface area contributed by atoms with Crippen molar-refractivity contribution >= 4 is 0 Å². The molecule has 0 radical (unpaired) electrons. The molecule has 4 nitrogen and oxygen atoms in total. The Kier molecular flexibility index (Phi) is 3.31. The fourth-order valence-electron chi connectivity index (χ4n) is 1.52. The Balaban J connectivity index is 3.03. The van der Waals surface area contributed by atoms with Gasteiger partial charge in [0.05, 0.1) is 13.7 Å². The van der Waals surface area contributed by atoms with Crippen molar-refractivity contribution in [2.75, 3.05) is 20.8 Å². The zero-order valence-electron chi connectivity index (χ0n) is 8.65. The second-order valence-electron chi connectivity index (χ2n) is 3.42. The largest absolute Gasteiger partial charge is 0.498 e. The highest BCUT2D eigenvalue weighted by molar-refractivity contribution is 5.34. The van der Waals surface area contributed by atoms with Crippen molar-refractivity contribution in [3.05, 3.63) is 23.5 Å². The minimum Gasteiger partial charge on any atom is -0.498 e. The van der Waals surface area contributed by atoms with Crippen molar-refractivity contribution in [2.45, 2.75) is 18.6 Å². The number of aliphatic hydroxyl groups excluding tert-OH is 1. The third-order valence-corrected chi connectivity index (χ3v) is 2.39. The Morgan fingerprint density at radius 3 is 2.57 bits per heavy atom. The quantitative estimate of drug-likeness (QED) is 0.684. The lowest BCUT2D eigenvalue weighted by Gasteiger charge is -2.34. The van der Waals surface area contributed by atoms with E-state index in [0.717, 1.165) is 0 Å². The van der Waals surface area contributed by atoms with Crippen LogP contribution in [0.4, 0.5) is 0 Å². The van der Waals surface area contributed by atoms with E-state index >= 15 is 0 Å². The third kappa shape index (κ3) is 1.82. The third-order valence-electron chi connectivity index (χ3n) is 2.39. The molecule has 2 atom stereocenters. The molecule has 1 aliphatic carbocycles. The van der Waals surface area contributed by atoms with Crippen LogP contribution < -0.4 is 0 Å². The second kappa shape index (κ2) is 4.13. The van der Waals surface area contributed by atoms with E-state index in [4.69, 9.17) is 14.6 Å². The van der Waals surface area contributed by atoms with Gasteiger partial charge in [-0.3, -0.25) is 0 Å². The van der Waals surface area contributed by atoms with E-state index in [0.29, 0.717) is 11.3 Å². The zero-order valence-corrected chi connectivity index (χ0v) is 8.65. The molecule has 0 aromatic carbocycles. The first kappa shape index (κ1) is 11.2. The number of ether oxygens (including phenoxy) is 2. The summed E-state index contributed by atoms with van der Waals surface area (Å²) < 4.78 is 10.2. The molecule has 0 heterocycles. The van der Waals surface area contributed by atoms with E-state index in [-0.39, 0.29) is 6.61 Å². The number of aliphatic hydroxyl groups is 2. The molecule has 0 aliphatic heterocycles. The monoisotopic (exact) mass is 200 g/mol. The van der Waals surface area contributed by atoms with Crippen molar-refractivity contribution in [3.63, 3.8) is 0 Å². The maximum atomic E-state index is 10.1. The number of hydrogen-bond donors (Lipinski definition) is 2. The molecule has 1 aliphatic rings. The van der Waals surface area contributed by atoms with E-state index in [1.807, 2.05) is 0 Å². The first-order valence-corrected chi connectivity index (χ1v) is 4.39. The summed E-state index contributed by atoms with van der Waals surface area (Å²) >= 11 is 0. The first-order valence-electron chi connectivity index (χ1n) is 4.39. The minimum atomic E-state index is -1.18. The lowest BCUT2D eigenvalue weighted by atomic mass is 9.89. The van der Waals surface area contributed by atoms with E-state index in [1.165, 1.54) is 14.2 Å². The standard InChI is InChI=1S/C10H16O4/c1-10(12)8(13-2)4-7(6-11)5-9(10)14-3/h4-5,8,11-12H,6H2,1-3H3. The molecule has 14 heavy (non-hydrogen) atoms. The summed E-state index contributed by atoms with van der Waals surface area (Å²) in [5.41, 5.74) is -0.498. The molecular weight excluding hydrogens is 184 g/mol. The molecule has 0 fully saturated rings. The highest BCUT2D eigenvalue weighted by Gasteiger charge is 2.38. The van der Waals surface area contributed by atoms with Crippen LogP contribution in [0.15, 0.2) is 23.5 Å². The topological polar surface area (TPSA) is 58.9 Å². The average molecular weight is 200 g/mol. The van der Waals surface area contributed by atoms with Gasteiger partial charge in [0.1, 0.15) is 17.5 Å². The minimum absolute atomic E-state index is 0.0944. The highest BCUT2D eigenvalue weighted by atomic mass is 16.5. The molecule has 0 aromatic rings.